The van der Waals surface area contributed by atoms with Crippen LogP contribution in [0.4, 0.5) is 0 Å². The Morgan fingerprint density at radius 3 is 2.62 bits per heavy atom. The maximum atomic E-state index is 12.9. The van der Waals surface area contributed by atoms with Crippen molar-refractivity contribution in [3.05, 3.63) is 29.8 Å². The van der Waals surface area contributed by atoms with E-state index in [9.17, 15) is 9.59 Å². The van der Waals surface area contributed by atoms with Gasteiger partial charge in [0.2, 0.25) is 5.91 Å². The van der Waals surface area contributed by atoms with Crippen molar-refractivity contribution < 1.29 is 14.3 Å². The van der Waals surface area contributed by atoms with Crippen LogP contribution in [0.1, 0.15) is 23.2 Å². The number of hydrogen-bond donors (Lipinski definition) is 0. The van der Waals surface area contributed by atoms with Crippen molar-refractivity contribution in [2.24, 2.45) is 5.92 Å². The van der Waals surface area contributed by atoms with Gasteiger partial charge in [-0.15, -0.1) is 11.8 Å². The third-order valence-corrected chi connectivity index (χ3v) is 5.51. The first-order chi connectivity index (χ1) is 11.7. The van der Waals surface area contributed by atoms with Gasteiger partial charge in [-0.2, -0.15) is 0 Å². The second-order valence-corrected chi connectivity index (χ2v) is 7.08. The minimum absolute atomic E-state index is 0.00414. The van der Waals surface area contributed by atoms with Crippen molar-refractivity contribution in [2.45, 2.75) is 17.7 Å². The molecule has 1 aromatic carbocycles. The fourth-order valence-electron chi connectivity index (χ4n) is 3.32. The lowest BCUT2D eigenvalue weighted by Gasteiger charge is -2.24. The van der Waals surface area contributed by atoms with Crippen LogP contribution in [-0.2, 0) is 9.53 Å². The van der Waals surface area contributed by atoms with Gasteiger partial charge in [0.25, 0.3) is 5.91 Å². The molecule has 0 radical (unpaired) electrons. The summed E-state index contributed by atoms with van der Waals surface area (Å²) in [5, 5.41) is 0. The lowest BCUT2D eigenvalue weighted by atomic mass is 10.1. The molecule has 2 aliphatic heterocycles. The molecule has 0 aliphatic carbocycles. The lowest BCUT2D eigenvalue weighted by Crippen LogP contribution is -2.40. The van der Waals surface area contributed by atoms with Crippen LogP contribution in [0.3, 0.4) is 0 Å². The van der Waals surface area contributed by atoms with E-state index in [4.69, 9.17) is 4.74 Å². The van der Waals surface area contributed by atoms with E-state index in [2.05, 4.69) is 0 Å². The molecule has 0 bridgehead atoms. The zero-order chi connectivity index (χ0) is 16.9. The molecule has 6 heteroatoms. The van der Waals surface area contributed by atoms with Gasteiger partial charge in [-0.3, -0.25) is 9.59 Å². The Morgan fingerprint density at radius 1 is 1.12 bits per heavy atom. The summed E-state index contributed by atoms with van der Waals surface area (Å²) in [7, 11) is 0. The Morgan fingerprint density at radius 2 is 1.88 bits per heavy atom. The summed E-state index contributed by atoms with van der Waals surface area (Å²) in [6.45, 7) is 3.86. The fourth-order valence-corrected chi connectivity index (χ4v) is 3.91. The number of benzene rings is 1. The monoisotopic (exact) mass is 348 g/mol. The highest BCUT2D eigenvalue weighted by molar-refractivity contribution is 7.98. The number of thioether (sulfide) groups is 1. The van der Waals surface area contributed by atoms with Gasteiger partial charge in [-0.25, -0.2) is 0 Å². The first-order valence-corrected chi connectivity index (χ1v) is 9.72. The summed E-state index contributed by atoms with van der Waals surface area (Å²) >= 11 is 1.59. The third kappa shape index (κ3) is 3.75. The van der Waals surface area contributed by atoms with E-state index >= 15 is 0 Å². The number of carbonyl (C=O) groups is 2. The minimum Gasteiger partial charge on any atom is -0.381 e. The van der Waals surface area contributed by atoms with Crippen molar-refractivity contribution in [1.29, 1.82) is 0 Å². The average Bonchev–Trinajstić information content (AvgIpc) is 3.05. The number of carbonyl (C=O) groups excluding carboxylic acids is 2. The number of hydrogen-bond acceptors (Lipinski definition) is 4. The van der Waals surface area contributed by atoms with E-state index in [-0.39, 0.29) is 17.7 Å². The second-order valence-electron chi connectivity index (χ2n) is 6.23. The van der Waals surface area contributed by atoms with E-state index in [0.29, 0.717) is 32.8 Å². The molecule has 1 unspecified atom stereocenters. The molecule has 130 valence electrons. The normalized spacial score (nSPS) is 21.6. The van der Waals surface area contributed by atoms with Crippen LogP contribution in [0.2, 0.25) is 0 Å². The first kappa shape index (κ1) is 17.3. The van der Waals surface area contributed by atoms with Crippen molar-refractivity contribution in [2.75, 3.05) is 45.6 Å². The minimum atomic E-state index is 0.00414. The molecule has 0 aromatic heterocycles. The highest BCUT2D eigenvalue weighted by atomic mass is 32.2. The molecule has 2 aliphatic rings. The Balaban J connectivity index is 1.64. The van der Waals surface area contributed by atoms with Gasteiger partial charge in [0.05, 0.1) is 18.1 Å². The van der Waals surface area contributed by atoms with Crippen molar-refractivity contribution >= 4 is 23.6 Å². The summed E-state index contributed by atoms with van der Waals surface area (Å²) in [5.41, 5.74) is 0.758. The van der Waals surface area contributed by atoms with E-state index in [1.807, 2.05) is 40.3 Å². The maximum absolute atomic E-state index is 12.9. The zero-order valence-electron chi connectivity index (χ0n) is 14.1. The Labute approximate surface area is 147 Å². The van der Waals surface area contributed by atoms with Crippen molar-refractivity contribution in [3.8, 4) is 0 Å². The molecule has 2 saturated heterocycles. The Bertz CT molecular complexity index is 602. The fraction of sp³-hybridized carbons (Fsp3) is 0.556. The van der Waals surface area contributed by atoms with E-state index in [0.717, 1.165) is 29.8 Å². The molecular formula is C18H24N2O3S. The van der Waals surface area contributed by atoms with Gasteiger partial charge in [-0.05, 0) is 31.2 Å². The second kappa shape index (κ2) is 8.03. The molecule has 0 N–H and O–H groups in total. The van der Waals surface area contributed by atoms with Crippen LogP contribution in [0.5, 0.6) is 0 Å². The standard InChI is InChI=1S/C18H24N2O3S/c1-24-16-6-3-2-5-15(16)18(22)20-9-4-8-19(10-11-20)17(21)14-7-12-23-13-14/h2-3,5-6,14H,4,7-13H2,1H3. The van der Waals surface area contributed by atoms with Crippen LogP contribution in [-0.4, -0.2) is 67.3 Å². The summed E-state index contributed by atoms with van der Waals surface area (Å²) in [6.07, 6.45) is 3.63. The molecule has 1 aromatic rings. The smallest absolute Gasteiger partial charge is 0.255 e. The Hall–Kier alpha value is -1.53. The molecule has 2 fully saturated rings. The largest absolute Gasteiger partial charge is 0.381 e. The van der Waals surface area contributed by atoms with Crippen LogP contribution < -0.4 is 0 Å². The topological polar surface area (TPSA) is 49.9 Å². The molecule has 5 nitrogen and oxygen atoms in total. The summed E-state index contributed by atoms with van der Waals surface area (Å²) in [5.74, 6) is 0.259. The molecular weight excluding hydrogens is 324 g/mol. The predicted molar refractivity (Wildman–Crippen MR) is 94.2 cm³/mol. The van der Waals surface area contributed by atoms with Gasteiger partial charge in [-0.1, -0.05) is 12.1 Å². The summed E-state index contributed by atoms with van der Waals surface area (Å²) in [6, 6.07) is 7.72. The van der Waals surface area contributed by atoms with Crippen molar-refractivity contribution in [1.82, 2.24) is 9.80 Å². The highest BCUT2D eigenvalue weighted by Crippen LogP contribution is 2.22. The average molecular weight is 348 g/mol. The highest BCUT2D eigenvalue weighted by Gasteiger charge is 2.30. The molecule has 2 heterocycles. The SMILES string of the molecule is CSc1ccccc1C(=O)N1CCCN(C(=O)C2CCOC2)CC1. The van der Waals surface area contributed by atoms with E-state index in [1.165, 1.54) is 0 Å². The quantitative estimate of drug-likeness (QED) is 0.785. The molecule has 0 saturated carbocycles. The van der Waals surface area contributed by atoms with Gasteiger partial charge in [0, 0.05) is 37.7 Å². The number of nitrogens with zero attached hydrogens (tertiary/aromatic N) is 2. The summed E-state index contributed by atoms with van der Waals surface area (Å²) in [4.78, 5) is 30.2. The van der Waals surface area contributed by atoms with E-state index in [1.54, 1.807) is 11.8 Å². The Kier molecular flexibility index (Phi) is 5.79. The number of amides is 2. The van der Waals surface area contributed by atoms with Crippen LogP contribution >= 0.6 is 11.8 Å². The number of rotatable bonds is 3. The summed E-state index contributed by atoms with van der Waals surface area (Å²) < 4.78 is 5.33. The molecule has 3 rings (SSSR count). The van der Waals surface area contributed by atoms with Crippen LogP contribution in [0, 0.1) is 5.92 Å². The van der Waals surface area contributed by atoms with Crippen molar-refractivity contribution in [3.63, 3.8) is 0 Å². The zero-order valence-corrected chi connectivity index (χ0v) is 14.9. The maximum Gasteiger partial charge on any atom is 0.255 e. The van der Waals surface area contributed by atoms with E-state index < -0.39 is 0 Å². The van der Waals surface area contributed by atoms with Crippen LogP contribution in [0.25, 0.3) is 0 Å². The van der Waals surface area contributed by atoms with Gasteiger partial charge < -0.3 is 14.5 Å². The first-order valence-electron chi connectivity index (χ1n) is 8.49. The van der Waals surface area contributed by atoms with Gasteiger partial charge in [0.1, 0.15) is 0 Å². The predicted octanol–water partition coefficient (Wildman–Crippen LogP) is 2.12. The lowest BCUT2D eigenvalue weighted by molar-refractivity contribution is -0.135. The molecule has 24 heavy (non-hydrogen) atoms. The molecule has 0 spiro atoms. The molecule has 1 atom stereocenters. The molecule has 2 amide bonds. The van der Waals surface area contributed by atoms with Crippen LogP contribution in [0.15, 0.2) is 29.2 Å². The van der Waals surface area contributed by atoms with Gasteiger partial charge >= 0.3 is 0 Å². The third-order valence-electron chi connectivity index (χ3n) is 4.71. The number of ether oxygens (including phenoxy) is 1. The van der Waals surface area contributed by atoms with Gasteiger partial charge in [0.15, 0.2) is 0 Å².